The zero-order chi connectivity index (χ0) is 52.0. The fraction of sp³-hybridized carbons (Fsp3) is 0.604. The minimum Gasteiger partial charge on any atom is -0.379 e. The van der Waals surface area contributed by atoms with Crippen molar-refractivity contribution < 1.29 is 56.2 Å². The summed E-state index contributed by atoms with van der Waals surface area (Å²) in [6, 6.07) is 4.94. The summed E-state index contributed by atoms with van der Waals surface area (Å²) in [5.41, 5.74) is 0.872. The van der Waals surface area contributed by atoms with E-state index in [9.17, 15) is 42.0 Å². The molecular formula is C48H70N10O12S. The second kappa shape index (κ2) is 25.9. The lowest BCUT2D eigenvalue weighted by Crippen LogP contribution is -2.59. The summed E-state index contributed by atoms with van der Waals surface area (Å²) in [4.78, 5) is 99.4. The predicted octanol–water partition coefficient (Wildman–Crippen LogP) is 1.17. The Hall–Kier alpha value is -6.04. The van der Waals surface area contributed by atoms with Gasteiger partial charge in [0.2, 0.25) is 27.7 Å². The monoisotopic (exact) mass is 1010 g/mol. The Bertz CT molecular complexity index is 2340. The lowest BCUT2D eigenvalue weighted by Gasteiger charge is -2.41. The van der Waals surface area contributed by atoms with Gasteiger partial charge in [-0.15, -0.1) is 5.10 Å². The fourth-order valence-electron chi connectivity index (χ4n) is 9.09. The van der Waals surface area contributed by atoms with Crippen LogP contribution in [0.4, 0.5) is 4.79 Å². The van der Waals surface area contributed by atoms with Crippen molar-refractivity contribution in [2.75, 3.05) is 59.9 Å². The van der Waals surface area contributed by atoms with Gasteiger partial charge in [-0.2, -0.15) is 0 Å². The number of carbonyl (C=O) groups excluding carboxylic acids is 7. The van der Waals surface area contributed by atoms with Gasteiger partial charge in [-0.25, -0.2) is 13.2 Å². The highest BCUT2D eigenvalue weighted by molar-refractivity contribution is 7.90. The third-order valence-electron chi connectivity index (χ3n) is 13.2. The number of likely N-dealkylation sites (tertiary alicyclic amines) is 1. The van der Waals surface area contributed by atoms with Gasteiger partial charge < -0.3 is 39.5 Å². The SMILES string of the molecule is C=C(C(=O)N[C@@H](Cc1ccccc1)C(=O)NS(=O)(=O)CCCn1cc(CN2C(=O)C=CC2=O)nn1)[C@@H](OC)[C@@H]1CCCN1C(=O)C[C@@H](OC)C([C@@H](C)CC)N(C)C(=O)[C@@H](NC(=O)N1CCOCC1)C(C)C. The number of hydrogen-bond acceptors (Lipinski definition) is 14. The molecule has 2 aromatic rings. The number of nitrogens with zero attached hydrogens (tertiary/aromatic N) is 7. The molecular weight excluding hydrogens is 941 g/mol. The molecule has 8 amide bonds. The first-order chi connectivity index (χ1) is 33.8. The second-order valence-electron chi connectivity index (χ2n) is 18.5. The average Bonchev–Trinajstić information content (AvgIpc) is 4.10. The number of aryl methyl sites for hydroxylation is 1. The molecule has 0 aliphatic carbocycles. The normalized spacial score (nSPS) is 18.7. The maximum atomic E-state index is 14.4. The molecule has 3 aliphatic rings. The van der Waals surface area contributed by atoms with Gasteiger partial charge in [0.1, 0.15) is 23.9 Å². The molecule has 390 valence electrons. The van der Waals surface area contributed by atoms with E-state index in [1.165, 1.54) is 25.1 Å². The van der Waals surface area contributed by atoms with Gasteiger partial charge >= 0.3 is 6.03 Å². The molecule has 1 aromatic carbocycles. The molecule has 7 atom stereocenters. The van der Waals surface area contributed by atoms with Crippen LogP contribution in [-0.4, -0.2) is 181 Å². The van der Waals surface area contributed by atoms with E-state index >= 15 is 0 Å². The van der Waals surface area contributed by atoms with Crippen LogP contribution >= 0.6 is 0 Å². The van der Waals surface area contributed by atoms with Gasteiger partial charge in [-0.1, -0.05) is 76.2 Å². The van der Waals surface area contributed by atoms with Gasteiger partial charge in [0.15, 0.2) is 0 Å². The van der Waals surface area contributed by atoms with Crippen molar-refractivity contribution in [1.82, 2.24) is 49.9 Å². The third-order valence-corrected chi connectivity index (χ3v) is 14.6. The summed E-state index contributed by atoms with van der Waals surface area (Å²) in [6.07, 6.45) is 3.54. The van der Waals surface area contributed by atoms with Crippen LogP contribution < -0.4 is 15.4 Å². The second-order valence-corrected chi connectivity index (χ2v) is 20.3. The lowest BCUT2D eigenvalue weighted by atomic mass is 9.89. The molecule has 2 fully saturated rings. The van der Waals surface area contributed by atoms with Gasteiger partial charge in [-0.3, -0.25) is 43.1 Å². The summed E-state index contributed by atoms with van der Waals surface area (Å²) in [6.45, 7) is 13.7. The van der Waals surface area contributed by atoms with E-state index < -0.39 is 75.8 Å². The Kier molecular flexibility index (Phi) is 20.4. The Morgan fingerprint density at radius 3 is 2.27 bits per heavy atom. The molecule has 71 heavy (non-hydrogen) atoms. The standard InChI is InChI=1S/C48H70N10O12S/c1-9-32(4)43(54(6)47(64)42(31(2)3)50-48(65)55-22-24-70-25-23-55)38(68-7)28-41(61)57-21-13-17-37(57)44(69-8)33(5)45(62)49-36(27-34-15-11-10-12-16-34)46(63)52-71(66,67)26-14-20-56-29-35(51-53-56)30-58-39(59)18-19-40(58)60/h10-12,15-16,18-19,29,31-32,36-38,42-44H,5,9,13-14,17,20-28,30H2,1-4,6-8H3,(H,49,62)(H,50,65)(H,52,63)/t32-,36-,37-,38+,42-,43?,44+/m0/s1. The smallest absolute Gasteiger partial charge is 0.318 e. The van der Waals surface area contributed by atoms with E-state index in [0.717, 1.165) is 17.1 Å². The number of sulfonamides is 1. The molecule has 2 saturated heterocycles. The first kappa shape index (κ1) is 55.9. The number of rotatable bonds is 25. The summed E-state index contributed by atoms with van der Waals surface area (Å²) in [7, 11) is 0.303. The Morgan fingerprint density at radius 1 is 0.972 bits per heavy atom. The van der Waals surface area contributed by atoms with Crippen molar-refractivity contribution in [2.24, 2.45) is 11.8 Å². The summed E-state index contributed by atoms with van der Waals surface area (Å²) < 4.78 is 47.2. The first-order valence-corrected chi connectivity index (χ1v) is 25.7. The minimum atomic E-state index is -4.24. The Morgan fingerprint density at radius 2 is 1.65 bits per heavy atom. The van der Waals surface area contributed by atoms with E-state index in [2.05, 4.69) is 32.2 Å². The van der Waals surface area contributed by atoms with Crippen LogP contribution in [0.15, 0.2) is 60.8 Å². The maximum absolute atomic E-state index is 14.4. The molecule has 1 unspecified atom stereocenters. The largest absolute Gasteiger partial charge is 0.379 e. The number of hydrogen-bond donors (Lipinski definition) is 3. The van der Waals surface area contributed by atoms with Crippen LogP contribution in [0.3, 0.4) is 0 Å². The van der Waals surface area contributed by atoms with Gasteiger partial charge in [-0.05, 0) is 36.7 Å². The van der Waals surface area contributed by atoms with E-state index in [0.29, 0.717) is 63.4 Å². The molecule has 4 heterocycles. The Balaban J connectivity index is 1.23. The topological polar surface area (TPSA) is 261 Å². The molecule has 0 spiro atoms. The number of ether oxygens (including phenoxy) is 3. The first-order valence-electron chi connectivity index (χ1n) is 24.0. The highest BCUT2D eigenvalue weighted by atomic mass is 32.2. The number of aromatic nitrogens is 3. The van der Waals surface area contributed by atoms with E-state index in [1.54, 1.807) is 52.1 Å². The van der Waals surface area contributed by atoms with Gasteiger partial charge in [0, 0.05) is 71.6 Å². The van der Waals surface area contributed by atoms with Crippen LogP contribution in [0.2, 0.25) is 0 Å². The van der Waals surface area contributed by atoms with Crippen molar-refractivity contribution >= 4 is 51.5 Å². The van der Waals surface area contributed by atoms with Crippen molar-refractivity contribution in [1.29, 1.82) is 0 Å². The fourth-order valence-corrected chi connectivity index (χ4v) is 10.2. The number of imide groups is 1. The predicted molar refractivity (Wildman–Crippen MR) is 259 cm³/mol. The summed E-state index contributed by atoms with van der Waals surface area (Å²) in [5, 5.41) is 13.5. The zero-order valence-corrected chi connectivity index (χ0v) is 42.6. The lowest BCUT2D eigenvalue weighted by molar-refractivity contribution is -0.145. The van der Waals surface area contributed by atoms with Crippen LogP contribution in [0.25, 0.3) is 0 Å². The maximum Gasteiger partial charge on any atom is 0.318 e. The number of urea groups is 1. The molecule has 0 bridgehead atoms. The molecule has 3 aliphatic heterocycles. The van der Waals surface area contributed by atoms with Crippen molar-refractivity contribution in [3.63, 3.8) is 0 Å². The molecule has 5 rings (SSSR count). The molecule has 0 radical (unpaired) electrons. The average molecular weight is 1010 g/mol. The van der Waals surface area contributed by atoms with Crippen molar-refractivity contribution in [3.8, 4) is 0 Å². The molecule has 0 saturated carbocycles. The molecule has 22 nitrogen and oxygen atoms in total. The van der Waals surface area contributed by atoms with E-state index in [1.807, 2.05) is 27.7 Å². The van der Waals surface area contributed by atoms with E-state index in [-0.39, 0.29) is 67.6 Å². The van der Waals surface area contributed by atoms with Crippen LogP contribution in [-0.2, 0) is 72.5 Å². The Labute approximate surface area is 415 Å². The summed E-state index contributed by atoms with van der Waals surface area (Å²) >= 11 is 0. The number of carbonyl (C=O) groups is 7. The van der Waals surface area contributed by atoms with Crippen molar-refractivity contribution in [2.45, 2.75) is 116 Å². The van der Waals surface area contributed by atoms with Gasteiger partial charge in [0.25, 0.3) is 17.7 Å². The minimum absolute atomic E-state index is 0.0133. The quantitative estimate of drug-likeness (QED) is 0.0933. The number of amides is 8. The van der Waals surface area contributed by atoms with E-state index in [4.69, 9.17) is 14.2 Å². The third kappa shape index (κ3) is 15.0. The molecule has 3 N–H and O–H groups in total. The van der Waals surface area contributed by atoms with Crippen LogP contribution in [0.1, 0.15) is 71.1 Å². The number of likely N-dealkylation sites (N-methyl/N-ethyl adjacent to an activating group) is 1. The number of nitrogens with one attached hydrogen (secondary N) is 3. The molecule has 23 heteroatoms. The van der Waals surface area contributed by atoms with Crippen LogP contribution in [0.5, 0.6) is 0 Å². The molecule has 1 aromatic heterocycles. The summed E-state index contributed by atoms with van der Waals surface area (Å²) in [5.74, 6) is -4.20. The van der Waals surface area contributed by atoms with Crippen molar-refractivity contribution in [3.05, 3.63) is 72.1 Å². The number of morpholine rings is 1. The van der Waals surface area contributed by atoms with Crippen LogP contribution in [0, 0.1) is 11.8 Å². The number of methoxy groups -OCH3 is 2. The zero-order valence-electron chi connectivity index (χ0n) is 41.8. The highest BCUT2D eigenvalue weighted by Gasteiger charge is 2.43. The number of benzene rings is 1. The highest BCUT2D eigenvalue weighted by Crippen LogP contribution is 2.29. The van der Waals surface area contributed by atoms with Gasteiger partial charge in [0.05, 0.1) is 56.3 Å².